The van der Waals surface area contributed by atoms with Crippen molar-refractivity contribution >= 4 is 5.91 Å². The summed E-state index contributed by atoms with van der Waals surface area (Å²) in [6.07, 6.45) is -2.62. The molecule has 0 spiro atoms. The number of aryl methyl sites for hydroxylation is 1. The summed E-state index contributed by atoms with van der Waals surface area (Å²) in [5.41, 5.74) is 0.288. The molecule has 8 heteroatoms. The van der Waals surface area contributed by atoms with Gasteiger partial charge in [0.2, 0.25) is 5.91 Å². The summed E-state index contributed by atoms with van der Waals surface area (Å²) in [5.74, 6) is -0.0881. The van der Waals surface area contributed by atoms with Crippen LogP contribution in [-0.4, -0.2) is 70.4 Å². The third kappa shape index (κ3) is 3.37. The first-order valence-electron chi connectivity index (χ1n) is 7.89. The lowest BCUT2D eigenvalue weighted by molar-refractivity contribution is -0.140. The zero-order chi connectivity index (χ0) is 16.6. The lowest BCUT2D eigenvalue weighted by Crippen LogP contribution is -2.62. The van der Waals surface area contributed by atoms with Gasteiger partial charge >= 0.3 is 0 Å². The smallest absolute Gasteiger partial charge is 0.282 e. The number of rotatable bonds is 3. The van der Waals surface area contributed by atoms with Gasteiger partial charge in [-0.25, -0.2) is 8.78 Å². The summed E-state index contributed by atoms with van der Waals surface area (Å²) in [4.78, 5) is 16.6. The molecular weight excluding hydrogens is 306 g/mol. The second-order valence-electron chi connectivity index (χ2n) is 6.29. The number of piperazine rings is 1. The lowest BCUT2D eigenvalue weighted by atomic mass is 10.1. The molecule has 23 heavy (non-hydrogen) atoms. The Bertz CT molecular complexity index is 578. The average molecular weight is 328 g/mol. The standard InChI is InChI=1S/C15H22F2N4O2/c1-10-5-13(15(16)17)18-21(10)7-14(22)19-3-4-20-11(2)8-23-9-12(20)6-19/h5,11-12,15H,3-4,6-9H2,1-2H3/t11-,12+/m0/s1. The minimum Gasteiger partial charge on any atom is -0.378 e. The number of alkyl halides is 2. The minimum atomic E-state index is -2.62. The van der Waals surface area contributed by atoms with Crippen LogP contribution in [0.15, 0.2) is 6.07 Å². The van der Waals surface area contributed by atoms with Crippen LogP contribution in [0.4, 0.5) is 8.78 Å². The summed E-state index contributed by atoms with van der Waals surface area (Å²) in [7, 11) is 0. The molecule has 2 aliphatic rings. The number of amides is 1. The molecule has 3 heterocycles. The SMILES string of the molecule is Cc1cc(C(F)F)nn1CC(=O)N1CCN2[C@@H](COC[C@@H]2C)C1. The monoisotopic (exact) mass is 328 g/mol. The number of ether oxygens (including phenoxy) is 1. The maximum atomic E-state index is 12.7. The van der Waals surface area contributed by atoms with Gasteiger partial charge < -0.3 is 9.64 Å². The number of morpholine rings is 1. The second kappa shape index (κ2) is 6.52. The van der Waals surface area contributed by atoms with Crippen LogP contribution in [-0.2, 0) is 16.1 Å². The summed E-state index contributed by atoms with van der Waals surface area (Å²) in [6, 6.07) is 1.91. The fourth-order valence-electron chi connectivity index (χ4n) is 3.33. The summed E-state index contributed by atoms with van der Waals surface area (Å²) >= 11 is 0. The van der Waals surface area contributed by atoms with Crippen molar-refractivity contribution < 1.29 is 18.3 Å². The van der Waals surface area contributed by atoms with Crippen molar-refractivity contribution in [3.63, 3.8) is 0 Å². The molecule has 0 radical (unpaired) electrons. The number of halogens is 2. The third-order valence-electron chi connectivity index (χ3n) is 4.63. The van der Waals surface area contributed by atoms with Crippen LogP contribution >= 0.6 is 0 Å². The van der Waals surface area contributed by atoms with Gasteiger partial charge in [0.15, 0.2) is 0 Å². The predicted octanol–water partition coefficient (Wildman–Crippen LogP) is 1.06. The molecule has 0 saturated carbocycles. The van der Waals surface area contributed by atoms with Crippen molar-refractivity contribution in [2.24, 2.45) is 0 Å². The van der Waals surface area contributed by atoms with Crippen molar-refractivity contribution in [3.05, 3.63) is 17.5 Å². The predicted molar refractivity (Wildman–Crippen MR) is 79.3 cm³/mol. The molecule has 1 aromatic heterocycles. The summed E-state index contributed by atoms with van der Waals surface area (Å²) in [6.45, 7) is 7.26. The van der Waals surface area contributed by atoms with Crippen molar-refractivity contribution in [1.29, 1.82) is 0 Å². The number of nitrogens with zero attached hydrogens (tertiary/aromatic N) is 4. The van der Waals surface area contributed by atoms with E-state index in [0.29, 0.717) is 31.4 Å². The maximum absolute atomic E-state index is 12.7. The van der Waals surface area contributed by atoms with Crippen LogP contribution in [0.5, 0.6) is 0 Å². The number of carbonyl (C=O) groups is 1. The van der Waals surface area contributed by atoms with Gasteiger partial charge in [-0.2, -0.15) is 5.10 Å². The first-order valence-corrected chi connectivity index (χ1v) is 7.89. The van der Waals surface area contributed by atoms with E-state index in [1.165, 1.54) is 10.7 Å². The molecule has 0 N–H and O–H groups in total. The highest BCUT2D eigenvalue weighted by Crippen LogP contribution is 2.20. The van der Waals surface area contributed by atoms with Gasteiger partial charge in [-0.3, -0.25) is 14.4 Å². The second-order valence-corrected chi connectivity index (χ2v) is 6.29. The Hall–Kier alpha value is -1.54. The van der Waals surface area contributed by atoms with Crippen molar-refractivity contribution in [3.8, 4) is 0 Å². The van der Waals surface area contributed by atoms with Crippen molar-refractivity contribution in [2.75, 3.05) is 32.8 Å². The van der Waals surface area contributed by atoms with E-state index in [1.54, 1.807) is 11.8 Å². The van der Waals surface area contributed by atoms with E-state index < -0.39 is 6.43 Å². The van der Waals surface area contributed by atoms with Gasteiger partial charge in [0.05, 0.1) is 19.3 Å². The van der Waals surface area contributed by atoms with Crippen LogP contribution < -0.4 is 0 Å². The molecule has 1 aromatic rings. The van der Waals surface area contributed by atoms with E-state index in [-0.39, 0.29) is 24.2 Å². The Morgan fingerprint density at radius 2 is 2.22 bits per heavy atom. The van der Waals surface area contributed by atoms with Crippen molar-refractivity contribution in [2.45, 2.75) is 38.9 Å². The molecule has 0 aromatic carbocycles. The zero-order valence-electron chi connectivity index (χ0n) is 13.4. The molecular formula is C15H22F2N4O2. The Labute approximate surface area is 134 Å². The summed E-state index contributed by atoms with van der Waals surface area (Å²) < 4.78 is 32.3. The average Bonchev–Trinajstić information content (AvgIpc) is 2.88. The van der Waals surface area contributed by atoms with Crippen LogP contribution in [0.3, 0.4) is 0 Å². The molecule has 0 bridgehead atoms. The van der Waals surface area contributed by atoms with E-state index in [0.717, 1.165) is 13.2 Å². The Balaban J connectivity index is 1.63. The van der Waals surface area contributed by atoms with Crippen LogP contribution in [0, 0.1) is 6.92 Å². The number of aromatic nitrogens is 2. The van der Waals surface area contributed by atoms with E-state index in [1.807, 2.05) is 0 Å². The van der Waals surface area contributed by atoms with Gasteiger partial charge in [-0.1, -0.05) is 0 Å². The fourth-order valence-corrected chi connectivity index (χ4v) is 3.33. The molecule has 2 fully saturated rings. The largest absolute Gasteiger partial charge is 0.378 e. The van der Waals surface area contributed by atoms with Gasteiger partial charge in [0, 0.05) is 31.4 Å². The third-order valence-corrected chi connectivity index (χ3v) is 4.63. The normalized spacial score (nSPS) is 25.7. The molecule has 6 nitrogen and oxygen atoms in total. The molecule has 0 aliphatic carbocycles. The number of carbonyl (C=O) groups excluding carboxylic acids is 1. The molecule has 1 amide bonds. The van der Waals surface area contributed by atoms with Crippen molar-refractivity contribution in [1.82, 2.24) is 19.6 Å². The van der Waals surface area contributed by atoms with E-state index in [2.05, 4.69) is 16.9 Å². The maximum Gasteiger partial charge on any atom is 0.282 e. The number of hydrogen-bond donors (Lipinski definition) is 0. The Morgan fingerprint density at radius 3 is 2.91 bits per heavy atom. The zero-order valence-corrected chi connectivity index (χ0v) is 13.4. The molecule has 2 saturated heterocycles. The molecule has 2 aliphatic heterocycles. The van der Waals surface area contributed by atoms with Crippen LogP contribution in [0.2, 0.25) is 0 Å². The first-order chi connectivity index (χ1) is 11.0. The van der Waals surface area contributed by atoms with Gasteiger partial charge in [-0.15, -0.1) is 0 Å². The van der Waals surface area contributed by atoms with Crippen LogP contribution in [0.25, 0.3) is 0 Å². The minimum absolute atomic E-state index is 0.00167. The molecule has 2 atom stereocenters. The first kappa shape index (κ1) is 16.3. The number of fused-ring (bicyclic) bond motifs is 1. The fraction of sp³-hybridized carbons (Fsp3) is 0.733. The van der Waals surface area contributed by atoms with Gasteiger partial charge in [-0.05, 0) is 19.9 Å². The number of hydrogen-bond acceptors (Lipinski definition) is 4. The van der Waals surface area contributed by atoms with Crippen LogP contribution in [0.1, 0.15) is 24.7 Å². The molecule has 0 unspecified atom stereocenters. The van der Waals surface area contributed by atoms with E-state index >= 15 is 0 Å². The molecule has 3 rings (SSSR count). The van der Waals surface area contributed by atoms with E-state index in [4.69, 9.17) is 4.74 Å². The lowest BCUT2D eigenvalue weighted by Gasteiger charge is -2.47. The van der Waals surface area contributed by atoms with Gasteiger partial charge in [0.1, 0.15) is 12.2 Å². The Morgan fingerprint density at radius 1 is 1.43 bits per heavy atom. The molecule has 128 valence electrons. The summed E-state index contributed by atoms with van der Waals surface area (Å²) in [5, 5.41) is 3.82. The van der Waals surface area contributed by atoms with Gasteiger partial charge in [0.25, 0.3) is 6.43 Å². The topological polar surface area (TPSA) is 50.6 Å². The Kier molecular flexibility index (Phi) is 4.63. The highest BCUT2D eigenvalue weighted by atomic mass is 19.3. The highest BCUT2D eigenvalue weighted by Gasteiger charge is 2.35. The quantitative estimate of drug-likeness (QED) is 0.833. The highest BCUT2D eigenvalue weighted by molar-refractivity contribution is 5.76. The van der Waals surface area contributed by atoms with E-state index in [9.17, 15) is 13.6 Å².